The van der Waals surface area contributed by atoms with Crippen molar-refractivity contribution in [3.63, 3.8) is 0 Å². The fraction of sp³-hybridized carbons (Fsp3) is 0.818. The molecule has 0 aromatic rings. The number of nitrogens with zero attached hydrogens (tertiary/aromatic N) is 2. The maximum Gasteiger partial charge on any atom is 0.111 e. The van der Waals surface area contributed by atoms with E-state index in [0.717, 1.165) is 18.4 Å². The fourth-order valence-corrected chi connectivity index (χ4v) is 2.11. The molecule has 0 amide bonds. The maximum absolute atomic E-state index is 5.12. The molecule has 0 aliphatic heterocycles. The van der Waals surface area contributed by atoms with Gasteiger partial charge >= 0.3 is 0 Å². The van der Waals surface area contributed by atoms with Gasteiger partial charge in [-0.1, -0.05) is 32.6 Å². The molecule has 1 aliphatic rings. The molecule has 0 aromatic heterocycles. The molecule has 1 rings (SSSR count). The monoisotopic (exact) mass is 195 g/mol. The minimum atomic E-state index is 0.752. The summed E-state index contributed by atoms with van der Waals surface area (Å²) in [6, 6.07) is 0. The molecule has 2 unspecified atom stereocenters. The van der Waals surface area contributed by atoms with E-state index < -0.39 is 0 Å². The molecular weight excluding hydrogens is 174 g/mol. The van der Waals surface area contributed by atoms with Crippen molar-refractivity contribution in [1.82, 2.24) is 0 Å². The second-order valence-corrected chi connectivity index (χ2v) is 4.15. The van der Waals surface area contributed by atoms with Gasteiger partial charge in [-0.25, -0.2) is 4.99 Å². The average molecular weight is 195 g/mol. The first-order chi connectivity index (χ1) is 6.84. The second kappa shape index (κ2) is 6.57. The minimum Gasteiger partial charge on any atom is -0.390 e. The third kappa shape index (κ3) is 3.90. The van der Waals surface area contributed by atoms with Crippen LogP contribution in [0.15, 0.2) is 9.98 Å². The van der Waals surface area contributed by atoms with Crippen molar-refractivity contribution in [2.45, 2.75) is 39.0 Å². The summed E-state index contributed by atoms with van der Waals surface area (Å²) in [7, 11) is 0. The van der Waals surface area contributed by atoms with Gasteiger partial charge in [0.1, 0.15) is 6.34 Å². The molecule has 0 aromatic carbocycles. The van der Waals surface area contributed by atoms with Gasteiger partial charge in [0, 0.05) is 6.54 Å². The molecule has 3 heteroatoms. The molecule has 0 bridgehead atoms. The molecule has 0 spiro atoms. The number of rotatable bonds is 3. The summed E-state index contributed by atoms with van der Waals surface area (Å²) >= 11 is 0. The lowest BCUT2D eigenvalue weighted by Gasteiger charge is -2.18. The van der Waals surface area contributed by atoms with Crippen LogP contribution in [0.2, 0.25) is 0 Å². The van der Waals surface area contributed by atoms with Crippen molar-refractivity contribution < 1.29 is 0 Å². The number of nitrogens with two attached hydrogens (primary N) is 1. The van der Waals surface area contributed by atoms with E-state index in [9.17, 15) is 0 Å². The molecule has 14 heavy (non-hydrogen) atoms. The van der Waals surface area contributed by atoms with Crippen molar-refractivity contribution in [2.24, 2.45) is 27.6 Å². The van der Waals surface area contributed by atoms with Crippen LogP contribution in [0, 0.1) is 11.8 Å². The molecule has 2 N–H and O–H groups in total. The van der Waals surface area contributed by atoms with Crippen LogP contribution in [-0.4, -0.2) is 19.2 Å². The third-order valence-corrected chi connectivity index (χ3v) is 3.11. The van der Waals surface area contributed by atoms with Crippen molar-refractivity contribution in [3.05, 3.63) is 0 Å². The van der Waals surface area contributed by atoms with Crippen LogP contribution in [0.5, 0.6) is 0 Å². The summed E-state index contributed by atoms with van der Waals surface area (Å²) in [5, 5.41) is 0. The zero-order valence-corrected chi connectivity index (χ0v) is 9.02. The van der Waals surface area contributed by atoms with Gasteiger partial charge in [-0.15, -0.1) is 0 Å². The van der Waals surface area contributed by atoms with Gasteiger partial charge in [-0.2, -0.15) is 0 Å². The minimum absolute atomic E-state index is 0.752. The topological polar surface area (TPSA) is 50.7 Å². The summed E-state index contributed by atoms with van der Waals surface area (Å²) in [4.78, 5) is 8.04. The zero-order valence-electron chi connectivity index (χ0n) is 9.02. The Kier molecular flexibility index (Phi) is 5.27. The van der Waals surface area contributed by atoms with Crippen molar-refractivity contribution >= 4 is 12.7 Å². The standard InChI is InChI=1S/C11H21N3/c1-10-5-3-2-4-6-11(10)7-13-9-14-8-12/h8-11H,2-7H2,1H3,(H2,12,13,14). The lowest BCUT2D eigenvalue weighted by molar-refractivity contribution is 0.347. The molecule has 0 heterocycles. The maximum atomic E-state index is 5.12. The van der Waals surface area contributed by atoms with Crippen LogP contribution in [0.25, 0.3) is 0 Å². The number of hydrogen-bond donors (Lipinski definition) is 1. The number of aliphatic imine (C=N–C) groups is 2. The van der Waals surface area contributed by atoms with Gasteiger partial charge in [-0.05, 0) is 18.3 Å². The van der Waals surface area contributed by atoms with Crippen LogP contribution < -0.4 is 5.73 Å². The Hall–Kier alpha value is -0.860. The van der Waals surface area contributed by atoms with Crippen LogP contribution in [-0.2, 0) is 0 Å². The first-order valence-electron chi connectivity index (χ1n) is 5.56. The lowest BCUT2D eigenvalue weighted by atomic mass is 9.90. The Balaban J connectivity index is 2.33. The van der Waals surface area contributed by atoms with Gasteiger partial charge in [0.05, 0.1) is 6.34 Å². The molecule has 2 atom stereocenters. The van der Waals surface area contributed by atoms with E-state index in [1.54, 1.807) is 6.34 Å². The predicted octanol–water partition coefficient (Wildman–Crippen LogP) is 2.22. The van der Waals surface area contributed by atoms with E-state index in [1.807, 2.05) is 0 Å². The molecule has 1 saturated carbocycles. The first kappa shape index (κ1) is 11.2. The molecule has 1 aliphatic carbocycles. The SMILES string of the molecule is CC1CCCCCC1CN=CN=CN. The van der Waals surface area contributed by atoms with Gasteiger partial charge in [0.15, 0.2) is 0 Å². The molecular formula is C11H21N3. The third-order valence-electron chi connectivity index (χ3n) is 3.11. The van der Waals surface area contributed by atoms with E-state index in [-0.39, 0.29) is 0 Å². The predicted molar refractivity (Wildman–Crippen MR) is 61.8 cm³/mol. The Morgan fingerprint density at radius 3 is 2.86 bits per heavy atom. The highest BCUT2D eigenvalue weighted by Crippen LogP contribution is 2.28. The normalized spacial score (nSPS) is 29.8. The smallest absolute Gasteiger partial charge is 0.111 e. The van der Waals surface area contributed by atoms with Crippen LogP contribution in [0.1, 0.15) is 39.0 Å². The van der Waals surface area contributed by atoms with Gasteiger partial charge in [0.2, 0.25) is 0 Å². The van der Waals surface area contributed by atoms with Crippen molar-refractivity contribution in [3.8, 4) is 0 Å². The highest BCUT2D eigenvalue weighted by Gasteiger charge is 2.18. The zero-order chi connectivity index (χ0) is 10.2. The Labute approximate surface area is 86.5 Å². The number of hydrogen-bond acceptors (Lipinski definition) is 1. The Morgan fingerprint density at radius 2 is 2.07 bits per heavy atom. The molecule has 1 fully saturated rings. The highest BCUT2D eigenvalue weighted by molar-refractivity contribution is 5.69. The van der Waals surface area contributed by atoms with E-state index in [0.29, 0.717) is 0 Å². The molecule has 80 valence electrons. The first-order valence-corrected chi connectivity index (χ1v) is 5.56. The largest absolute Gasteiger partial charge is 0.390 e. The second-order valence-electron chi connectivity index (χ2n) is 4.15. The molecule has 3 nitrogen and oxygen atoms in total. The fourth-order valence-electron chi connectivity index (χ4n) is 2.11. The van der Waals surface area contributed by atoms with E-state index >= 15 is 0 Å². The summed E-state index contributed by atoms with van der Waals surface area (Å²) in [6.07, 6.45) is 9.68. The van der Waals surface area contributed by atoms with Gasteiger partial charge in [-0.3, -0.25) is 4.99 Å². The van der Waals surface area contributed by atoms with Crippen molar-refractivity contribution in [1.29, 1.82) is 0 Å². The summed E-state index contributed by atoms with van der Waals surface area (Å²) < 4.78 is 0. The summed E-state index contributed by atoms with van der Waals surface area (Å²) in [5.41, 5.74) is 5.12. The van der Waals surface area contributed by atoms with E-state index in [4.69, 9.17) is 5.73 Å². The van der Waals surface area contributed by atoms with E-state index in [1.165, 1.54) is 38.4 Å². The van der Waals surface area contributed by atoms with Crippen LogP contribution in [0.4, 0.5) is 0 Å². The van der Waals surface area contributed by atoms with Crippen molar-refractivity contribution in [2.75, 3.05) is 6.54 Å². The Bertz CT molecular complexity index is 199. The van der Waals surface area contributed by atoms with E-state index in [2.05, 4.69) is 16.9 Å². The summed E-state index contributed by atoms with van der Waals surface area (Å²) in [5.74, 6) is 1.57. The highest BCUT2D eigenvalue weighted by atomic mass is 14.9. The summed E-state index contributed by atoms with van der Waals surface area (Å²) in [6.45, 7) is 3.26. The average Bonchev–Trinajstić information content (AvgIpc) is 2.39. The van der Waals surface area contributed by atoms with Gasteiger partial charge in [0.25, 0.3) is 0 Å². The molecule has 0 saturated heterocycles. The quantitative estimate of drug-likeness (QED) is 0.419. The Morgan fingerprint density at radius 1 is 1.29 bits per heavy atom. The lowest BCUT2D eigenvalue weighted by Crippen LogP contribution is -2.13. The van der Waals surface area contributed by atoms with Crippen LogP contribution in [0.3, 0.4) is 0 Å². The molecule has 0 radical (unpaired) electrons. The van der Waals surface area contributed by atoms with Crippen LogP contribution >= 0.6 is 0 Å². The van der Waals surface area contributed by atoms with Gasteiger partial charge < -0.3 is 5.73 Å².